The largest absolute Gasteiger partial charge is 0.354 e. The molecule has 0 aliphatic carbocycles. The lowest BCUT2D eigenvalue weighted by atomic mass is 9.87. The van der Waals surface area contributed by atoms with E-state index in [1.165, 1.54) is 0 Å². The molecule has 0 bridgehead atoms. The Morgan fingerprint density at radius 1 is 0.732 bits per heavy atom. The van der Waals surface area contributed by atoms with Crippen LogP contribution >= 0.6 is 23.2 Å². The van der Waals surface area contributed by atoms with E-state index >= 15 is 0 Å². The van der Waals surface area contributed by atoms with E-state index in [0.717, 1.165) is 16.7 Å². The predicted octanol–water partition coefficient (Wildman–Crippen LogP) is 7.93. The number of benzene rings is 4. The van der Waals surface area contributed by atoms with E-state index in [-0.39, 0.29) is 36.6 Å². The Balaban J connectivity index is 1.76. The molecule has 0 aliphatic heterocycles. The lowest BCUT2D eigenvalue weighted by molar-refractivity contribution is -0.141. The van der Waals surface area contributed by atoms with Crippen molar-refractivity contribution in [3.05, 3.63) is 141 Å². The Labute approximate surface area is 253 Å². The van der Waals surface area contributed by atoms with Crippen LogP contribution < -0.4 is 5.32 Å². The zero-order valence-corrected chi connectivity index (χ0v) is 25.0. The molecule has 0 radical (unpaired) electrons. The van der Waals surface area contributed by atoms with E-state index in [0.29, 0.717) is 28.6 Å². The molecule has 1 atom stereocenters. The van der Waals surface area contributed by atoms with E-state index < -0.39 is 6.04 Å². The van der Waals surface area contributed by atoms with Crippen LogP contribution in [0.3, 0.4) is 0 Å². The topological polar surface area (TPSA) is 49.4 Å². The zero-order valence-electron chi connectivity index (χ0n) is 23.5. The molecule has 41 heavy (non-hydrogen) atoms. The van der Waals surface area contributed by atoms with Crippen LogP contribution in [0.5, 0.6) is 0 Å². The first-order valence-corrected chi connectivity index (χ1v) is 14.7. The molecule has 4 aromatic carbocycles. The highest BCUT2D eigenvalue weighted by molar-refractivity contribution is 6.36. The van der Waals surface area contributed by atoms with E-state index in [9.17, 15) is 9.59 Å². The summed E-state index contributed by atoms with van der Waals surface area (Å²) in [6.45, 7) is 4.71. The van der Waals surface area contributed by atoms with Crippen molar-refractivity contribution in [3.63, 3.8) is 0 Å². The lowest BCUT2D eigenvalue weighted by Crippen LogP contribution is -2.51. The summed E-state index contributed by atoms with van der Waals surface area (Å²) in [5.41, 5.74) is 3.65. The number of rotatable bonds is 12. The van der Waals surface area contributed by atoms with E-state index in [2.05, 4.69) is 5.32 Å². The summed E-state index contributed by atoms with van der Waals surface area (Å²) in [6, 6.07) is 34.3. The number of nitrogens with zero attached hydrogens (tertiary/aromatic N) is 1. The molecule has 1 N–H and O–H groups in total. The van der Waals surface area contributed by atoms with Crippen LogP contribution in [-0.4, -0.2) is 29.3 Å². The third kappa shape index (κ3) is 8.45. The lowest BCUT2D eigenvalue weighted by Gasteiger charge is -2.33. The summed E-state index contributed by atoms with van der Waals surface area (Å²) in [5.74, 6) is -0.279. The van der Waals surface area contributed by atoms with Crippen molar-refractivity contribution in [1.82, 2.24) is 10.2 Å². The summed E-state index contributed by atoms with van der Waals surface area (Å²) in [7, 11) is 0. The maximum absolute atomic E-state index is 14.5. The molecule has 4 aromatic rings. The number of carbonyl (C=O) groups is 2. The molecule has 0 fully saturated rings. The first-order valence-electron chi connectivity index (χ1n) is 14.0. The Bertz CT molecular complexity index is 1350. The third-order valence-electron chi connectivity index (χ3n) is 7.13. The number of nitrogens with one attached hydrogen (secondary N) is 1. The Kier molecular flexibility index (Phi) is 11.0. The number of hydrogen-bond donors (Lipinski definition) is 1. The fourth-order valence-electron chi connectivity index (χ4n) is 4.92. The van der Waals surface area contributed by atoms with Gasteiger partial charge in [0.05, 0.1) is 0 Å². The van der Waals surface area contributed by atoms with Crippen LogP contribution in [0.2, 0.25) is 10.0 Å². The first-order chi connectivity index (χ1) is 19.8. The summed E-state index contributed by atoms with van der Waals surface area (Å²) in [4.78, 5) is 29.9. The van der Waals surface area contributed by atoms with Gasteiger partial charge in [0.1, 0.15) is 6.04 Å². The second-order valence-electron chi connectivity index (χ2n) is 10.6. The molecule has 212 valence electrons. The predicted molar refractivity (Wildman–Crippen MR) is 168 cm³/mol. The molecule has 0 aromatic heterocycles. The monoisotopic (exact) mass is 586 g/mol. The second-order valence-corrected chi connectivity index (χ2v) is 11.5. The summed E-state index contributed by atoms with van der Waals surface area (Å²) in [6.07, 6.45) is 0.540. The van der Waals surface area contributed by atoms with Gasteiger partial charge in [-0.2, -0.15) is 0 Å². The third-order valence-corrected chi connectivity index (χ3v) is 7.84. The van der Waals surface area contributed by atoms with Gasteiger partial charge in [-0.3, -0.25) is 9.59 Å². The van der Waals surface area contributed by atoms with Gasteiger partial charge in [0, 0.05) is 47.5 Å². The quantitative estimate of drug-likeness (QED) is 0.183. The van der Waals surface area contributed by atoms with Crippen molar-refractivity contribution in [2.24, 2.45) is 5.92 Å². The van der Waals surface area contributed by atoms with E-state index in [1.54, 1.807) is 23.1 Å². The average molecular weight is 588 g/mol. The maximum atomic E-state index is 14.5. The Hall–Kier alpha value is -3.60. The maximum Gasteiger partial charge on any atom is 0.243 e. The van der Waals surface area contributed by atoms with Gasteiger partial charge in [-0.15, -0.1) is 0 Å². The minimum absolute atomic E-state index is 0.111. The molecule has 4 rings (SSSR count). The second kappa shape index (κ2) is 14.9. The van der Waals surface area contributed by atoms with E-state index in [1.807, 2.05) is 105 Å². The van der Waals surface area contributed by atoms with Gasteiger partial charge >= 0.3 is 0 Å². The van der Waals surface area contributed by atoms with Crippen molar-refractivity contribution in [1.29, 1.82) is 0 Å². The highest BCUT2D eigenvalue weighted by Gasteiger charge is 2.33. The normalized spacial score (nSPS) is 11.9. The standard InChI is InChI=1S/C35H36Cl2N2O2/c1-25(2)23-38-35(41)33(21-26-13-6-3-7-14-26)39(24-30-31(36)19-12-20-32(30)37)34(40)22-29(27-15-8-4-9-16-27)28-17-10-5-11-18-28/h3-20,25,29,33H,21-24H2,1-2H3,(H,38,41)/t33-/m1/s1. The molecular formula is C35H36Cl2N2O2. The van der Waals surface area contributed by atoms with Crippen molar-refractivity contribution < 1.29 is 9.59 Å². The number of carbonyl (C=O) groups excluding carboxylic acids is 2. The highest BCUT2D eigenvalue weighted by Crippen LogP contribution is 2.32. The van der Waals surface area contributed by atoms with Crippen LogP contribution in [0.15, 0.2) is 109 Å². The van der Waals surface area contributed by atoms with Gasteiger partial charge in [0.15, 0.2) is 0 Å². The first kappa shape index (κ1) is 30.4. The van der Waals surface area contributed by atoms with Crippen molar-refractivity contribution in [2.75, 3.05) is 6.54 Å². The van der Waals surface area contributed by atoms with Crippen LogP contribution in [-0.2, 0) is 22.6 Å². The molecule has 4 nitrogen and oxygen atoms in total. The van der Waals surface area contributed by atoms with E-state index in [4.69, 9.17) is 23.2 Å². The molecule has 0 spiro atoms. The van der Waals surface area contributed by atoms with Crippen LogP contribution in [0.25, 0.3) is 0 Å². The van der Waals surface area contributed by atoms with Crippen LogP contribution in [0, 0.1) is 5.92 Å². The molecule has 0 unspecified atom stereocenters. The molecular weight excluding hydrogens is 551 g/mol. The van der Waals surface area contributed by atoms with Gasteiger partial charge < -0.3 is 10.2 Å². The number of hydrogen-bond acceptors (Lipinski definition) is 2. The minimum atomic E-state index is -0.761. The van der Waals surface area contributed by atoms with Crippen molar-refractivity contribution in [3.8, 4) is 0 Å². The Morgan fingerprint density at radius 3 is 1.76 bits per heavy atom. The minimum Gasteiger partial charge on any atom is -0.354 e. The SMILES string of the molecule is CC(C)CNC(=O)[C@@H](Cc1ccccc1)N(Cc1c(Cl)cccc1Cl)C(=O)CC(c1ccccc1)c1ccccc1. The van der Waals surface area contributed by atoms with Crippen LogP contribution in [0.1, 0.15) is 48.4 Å². The smallest absolute Gasteiger partial charge is 0.243 e. The zero-order chi connectivity index (χ0) is 29.2. The summed E-state index contributed by atoms with van der Waals surface area (Å²) in [5, 5.41) is 3.99. The molecule has 0 saturated heterocycles. The van der Waals surface area contributed by atoms with Crippen LogP contribution in [0.4, 0.5) is 0 Å². The van der Waals surface area contributed by atoms with Gasteiger partial charge in [0.2, 0.25) is 11.8 Å². The summed E-state index contributed by atoms with van der Waals surface area (Å²) >= 11 is 13.2. The van der Waals surface area contributed by atoms with Crippen molar-refractivity contribution in [2.45, 2.75) is 45.2 Å². The molecule has 0 aliphatic rings. The van der Waals surface area contributed by atoms with Gasteiger partial charge in [-0.05, 0) is 34.7 Å². The van der Waals surface area contributed by atoms with Gasteiger partial charge in [0.25, 0.3) is 0 Å². The molecule has 6 heteroatoms. The average Bonchev–Trinajstić information content (AvgIpc) is 2.99. The van der Waals surface area contributed by atoms with Gasteiger partial charge in [-0.25, -0.2) is 0 Å². The van der Waals surface area contributed by atoms with Gasteiger partial charge in [-0.1, -0.05) is 134 Å². The summed E-state index contributed by atoms with van der Waals surface area (Å²) < 4.78 is 0. The Morgan fingerprint density at radius 2 is 1.24 bits per heavy atom. The molecule has 0 saturated carbocycles. The highest BCUT2D eigenvalue weighted by atomic mass is 35.5. The number of amides is 2. The molecule has 0 heterocycles. The fourth-order valence-corrected chi connectivity index (χ4v) is 5.44. The fraction of sp³-hybridized carbons (Fsp3) is 0.257. The molecule has 2 amide bonds. The number of halogens is 2. The van der Waals surface area contributed by atoms with Crippen molar-refractivity contribution >= 4 is 35.0 Å².